The van der Waals surface area contributed by atoms with Crippen LogP contribution in [0.2, 0.25) is 0 Å². The van der Waals surface area contributed by atoms with E-state index in [0.717, 1.165) is 18.8 Å². The van der Waals surface area contributed by atoms with Gasteiger partial charge in [0.2, 0.25) is 0 Å². The average molecular weight is 262 g/mol. The largest absolute Gasteiger partial charge is 0.478 e. The third-order valence-electron chi connectivity index (χ3n) is 3.93. The molecule has 0 aliphatic heterocycles. The molecule has 0 bridgehead atoms. The molecule has 0 spiro atoms. The first-order valence-corrected chi connectivity index (χ1v) is 7.13. The first-order valence-electron chi connectivity index (χ1n) is 7.13. The zero-order valence-electron chi connectivity index (χ0n) is 11.5. The van der Waals surface area contributed by atoms with Crippen molar-refractivity contribution in [3.63, 3.8) is 0 Å². The number of carboxylic acid groups (broad SMARTS) is 1. The van der Waals surface area contributed by atoms with Crippen molar-refractivity contribution in [2.45, 2.75) is 51.6 Å². The van der Waals surface area contributed by atoms with Crippen LogP contribution in [0.1, 0.15) is 55.1 Å². The molecule has 0 radical (unpaired) electrons. The van der Waals surface area contributed by atoms with Gasteiger partial charge in [-0.1, -0.05) is 26.2 Å². The topological polar surface area (TPSA) is 53.4 Å². The molecule has 1 heterocycles. The highest BCUT2D eigenvalue weighted by atomic mass is 16.4. The number of hydrogen-bond donors (Lipinski definition) is 1. The van der Waals surface area contributed by atoms with Gasteiger partial charge in [-0.25, -0.2) is 4.79 Å². The van der Waals surface area contributed by atoms with Crippen molar-refractivity contribution in [1.82, 2.24) is 9.88 Å². The number of hydrogen-bond acceptors (Lipinski definition) is 3. The Morgan fingerprint density at radius 2 is 2.11 bits per heavy atom. The van der Waals surface area contributed by atoms with Gasteiger partial charge in [0.15, 0.2) is 0 Å². The SMILES string of the molecule is CCN(Cc1ccc(C(=O)O)cn1)C1CCCCC1. The first-order chi connectivity index (χ1) is 9.20. The Morgan fingerprint density at radius 3 is 2.63 bits per heavy atom. The smallest absolute Gasteiger partial charge is 0.337 e. The lowest BCUT2D eigenvalue weighted by Crippen LogP contribution is -2.36. The number of aromatic nitrogens is 1. The van der Waals surface area contributed by atoms with Crippen molar-refractivity contribution in [3.05, 3.63) is 29.6 Å². The van der Waals surface area contributed by atoms with E-state index in [1.807, 2.05) is 6.07 Å². The summed E-state index contributed by atoms with van der Waals surface area (Å²) in [6.07, 6.45) is 8.02. The lowest BCUT2D eigenvalue weighted by molar-refractivity contribution is 0.0696. The Bertz CT molecular complexity index is 411. The summed E-state index contributed by atoms with van der Waals surface area (Å²) >= 11 is 0. The molecule has 0 unspecified atom stereocenters. The maximum absolute atomic E-state index is 10.8. The zero-order valence-corrected chi connectivity index (χ0v) is 11.5. The molecule has 1 aliphatic carbocycles. The molecular formula is C15H22N2O2. The second kappa shape index (κ2) is 6.66. The minimum Gasteiger partial charge on any atom is -0.478 e. The molecule has 1 saturated carbocycles. The molecule has 4 heteroatoms. The maximum atomic E-state index is 10.8. The molecule has 1 aromatic heterocycles. The third kappa shape index (κ3) is 3.77. The highest BCUT2D eigenvalue weighted by Crippen LogP contribution is 2.23. The number of aromatic carboxylic acids is 1. The van der Waals surface area contributed by atoms with E-state index in [1.165, 1.54) is 38.3 Å². The fourth-order valence-electron chi connectivity index (χ4n) is 2.80. The van der Waals surface area contributed by atoms with Gasteiger partial charge in [0, 0.05) is 18.8 Å². The molecule has 4 nitrogen and oxygen atoms in total. The van der Waals surface area contributed by atoms with Crippen LogP contribution in [0.25, 0.3) is 0 Å². The standard InChI is InChI=1S/C15H22N2O2/c1-2-17(14-6-4-3-5-7-14)11-13-9-8-12(10-16-13)15(18)19/h8-10,14H,2-7,11H2,1H3,(H,18,19). The Morgan fingerprint density at radius 1 is 1.37 bits per heavy atom. The molecule has 1 N–H and O–H groups in total. The Labute approximate surface area is 114 Å². The van der Waals surface area contributed by atoms with E-state index in [4.69, 9.17) is 5.11 Å². The number of carboxylic acids is 1. The van der Waals surface area contributed by atoms with Crippen LogP contribution in [-0.2, 0) is 6.54 Å². The second-order valence-electron chi connectivity index (χ2n) is 5.20. The zero-order chi connectivity index (χ0) is 13.7. The molecule has 2 rings (SSSR count). The van der Waals surface area contributed by atoms with Crippen molar-refractivity contribution in [2.75, 3.05) is 6.54 Å². The van der Waals surface area contributed by atoms with Gasteiger partial charge in [-0.05, 0) is 31.5 Å². The van der Waals surface area contributed by atoms with Gasteiger partial charge in [0.25, 0.3) is 0 Å². The molecule has 0 amide bonds. The van der Waals surface area contributed by atoms with Crippen molar-refractivity contribution in [3.8, 4) is 0 Å². The van der Waals surface area contributed by atoms with Crippen molar-refractivity contribution < 1.29 is 9.90 Å². The van der Waals surface area contributed by atoms with Crippen molar-refractivity contribution in [2.24, 2.45) is 0 Å². The van der Waals surface area contributed by atoms with Crippen LogP contribution in [0.5, 0.6) is 0 Å². The Hall–Kier alpha value is -1.42. The van der Waals surface area contributed by atoms with Crippen LogP contribution in [0.15, 0.2) is 18.3 Å². The van der Waals surface area contributed by atoms with Crippen LogP contribution in [0.3, 0.4) is 0 Å². The summed E-state index contributed by atoms with van der Waals surface area (Å²) in [5, 5.41) is 8.86. The fourth-order valence-corrected chi connectivity index (χ4v) is 2.80. The monoisotopic (exact) mass is 262 g/mol. The molecule has 1 aliphatic rings. The number of rotatable bonds is 5. The summed E-state index contributed by atoms with van der Waals surface area (Å²) in [4.78, 5) is 17.5. The van der Waals surface area contributed by atoms with Crippen LogP contribution in [-0.4, -0.2) is 33.5 Å². The van der Waals surface area contributed by atoms with E-state index in [2.05, 4.69) is 16.8 Å². The highest BCUT2D eigenvalue weighted by Gasteiger charge is 2.20. The minimum absolute atomic E-state index is 0.254. The van der Waals surface area contributed by atoms with Crippen molar-refractivity contribution in [1.29, 1.82) is 0 Å². The molecule has 0 atom stereocenters. The summed E-state index contributed by atoms with van der Waals surface area (Å²) in [5.41, 5.74) is 1.21. The number of pyridine rings is 1. The van der Waals surface area contributed by atoms with Gasteiger partial charge in [0.05, 0.1) is 11.3 Å². The van der Waals surface area contributed by atoms with E-state index < -0.39 is 5.97 Å². The lowest BCUT2D eigenvalue weighted by atomic mass is 9.94. The van der Waals surface area contributed by atoms with Crippen LogP contribution in [0.4, 0.5) is 0 Å². The molecule has 0 aromatic carbocycles. The predicted molar refractivity (Wildman–Crippen MR) is 74.2 cm³/mol. The minimum atomic E-state index is -0.918. The van der Waals surface area contributed by atoms with Gasteiger partial charge in [-0.15, -0.1) is 0 Å². The van der Waals surface area contributed by atoms with E-state index in [0.29, 0.717) is 6.04 Å². The number of nitrogens with zero attached hydrogens (tertiary/aromatic N) is 2. The molecule has 104 valence electrons. The Kier molecular flexibility index (Phi) is 4.91. The summed E-state index contributed by atoms with van der Waals surface area (Å²) < 4.78 is 0. The van der Waals surface area contributed by atoms with Gasteiger partial charge in [-0.3, -0.25) is 9.88 Å². The van der Waals surface area contributed by atoms with Gasteiger partial charge < -0.3 is 5.11 Å². The van der Waals surface area contributed by atoms with Gasteiger partial charge in [0.1, 0.15) is 0 Å². The maximum Gasteiger partial charge on any atom is 0.337 e. The van der Waals surface area contributed by atoms with E-state index in [9.17, 15) is 4.79 Å². The normalized spacial score (nSPS) is 16.7. The Balaban J connectivity index is 1.99. The van der Waals surface area contributed by atoms with E-state index >= 15 is 0 Å². The van der Waals surface area contributed by atoms with Gasteiger partial charge >= 0.3 is 5.97 Å². The molecule has 0 saturated heterocycles. The first kappa shape index (κ1) is 14.0. The molecule has 1 fully saturated rings. The van der Waals surface area contributed by atoms with Crippen LogP contribution >= 0.6 is 0 Å². The van der Waals surface area contributed by atoms with E-state index in [-0.39, 0.29) is 5.56 Å². The quantitative estimate of drug-likeness (QED) is 0.886. The third-order valence-corrected chi connectivity index (χ3v) is 3.93. The summed E-state index contributed by atoms with van der Waals surface area (Å²) in [6.45, 7) is 4.02. The lowest BCUT2D eigenvalue weighted by Gasteiger charge is -2.33. The summed E-state index contributed by atoms with van der Waals surface area (Å²) in [6, 6.07) is 4.13. The summed E-state index contributed by atoms with van der Waals surface area (Å²) in [7, 11) is 0. The van der Waals surface area contributed by atoms with Crippen molar-refractivity contribution >= 4 is 5.97 Å². The number of carbonyl (C=O) groups is 1. The fraction of sp³-hybridized carbons (Fsp3) is 0.600. The second-order valence-corrected chi connectivity index (χ2v) is 5.20. The van der Waals surface area contributed by atoms with Crippen LogP contribution < -0.4 is 0 Å². The van der Waals surface area contributed by atoms with E-state index in [1.54, 1.807) is 6.07 Å². The van der Waals surface area contributed by atoms with Crippen LogP contribution in [0, 0.1) is 0 Å². The highest BCUT2D eigenvalue weighted by molar-refractivity contribution is 5.87. The van der Waals surface area contributed by atoms with Gasteiger partial charge in [-0.2, -0.15) is 0 Å². The summed E-state index contributed by atoms with van der Waals surface area (Å²) in [5.74, 6) is -0.918. The molecule has 1 aromatic rings. The molecule has 19 heavy (non-hydrogen) atoms. The molecular weight excluding hydrogens is 240 g/mol. The average Bonchev–Trinajstić information content (AvgIpc) is 2.46. The predicted octanol–water partition coefficient (Wildman–Crippen LogP) is 2.93.